The van der Waals surface area contributed by atoms with Crippen molar-refractivity contribution in [2.75, 3.05) is 13.1 Å². The Morgan fingerprint density at radius 2 is 2.47 bits per heavy atom. The third-order valence-electron chi connectivity index (χ3n) is 3.53. The largest absolute Gasteiger partial charge is 0.346 e. The predicted molar refractivity (Wildman–Crippen MR) is 69.5 cm³/mol. The number of H-pyrrole nitrogens is 1. The minimum absolute atomic E-state index is 0.142. The lowest BCUT2D eigenvalue weighted by molar-refractivity contribution is -0.130. The summed E-state index contributed by atoms with van der Waals surface area (Å²) in [6.07, 6.45) is 7.97. The minimum Gasteiger partial charge on any atom is -0.346 e. The van der Waals surface area contributed by atoms with Crippen LogP contribution in [0.5, 0.6) is 0 Å². The zero-order chi connectivity index (χ0) is 13.2. The summed E-state index contributed by atoms with van der Waals surface area (Å²) in [4.78, 5) is 25.6. The van der Waals surface area contributed by atoms with Gasteiger partial charge in [-0.1, -0.05) is 0 Å². The number of carbonyl (C=O) groups excluding carboxylic acids is 1. The van der Waals surface area contributed by atoms with Gasteiger partial charge in [-0.05, 0) is 13.3 Å². The maximum atomic E-state index is 12.1. The van der Waals surface area contributed by atoms with E-state index in [1.807, 2.05) is 18.0 Å². The summed E-state index contributed by atoms with van der Waals surface area (Å²) < 4.78 is 1.80. The van der Waals surface area contributed by atoms with Crippen molar-refractivity contribution in [3.05, 3.63) is 36.4 Å². The third-order valence-corrected chi connectivity index (χ3v) is 3.53. The molecule has 1 fully saturated rings. The fraction of sp³-hybridized carbons (Fsp3) is 0.462. The molecule has 6 heteroatoms. The lowest BCUT2D eigenvalue weighted by atomic mass is 10.1. The first-order valence-electron chi connectivity index (χ1n) is 6.47. The third kappa shape index (κ3) is 2.52. The molecule has 0 saturated carbocycles. The number of rotatable bonds is 3. The summed E-state index contributed by atoms with van der Waals surface area (Å²) in [7, 11) is 0. The molecule has 3 heterocycles. The Kier molecular flexibility index (Phi) is 3.06. The highest BCUT2D eigenvalue weighted by Crippen LogP contribution is 2.25. The molecule has 2 aromatic rings. The van der Waals surface area contributed by atoms with Gasteiger partial charge in [-0.15, -0.1) is 0 Å². The first kappa shape index (κ1) is 12.0. The molecule has 2 aromatic heterocycles. The Labute approximate surface area is 111 Å². The fourth-order valence-corrected chi connectivity index (χ4v) is 2.49. The lowest BCUT2D eigenvalue weighted by Crippen LogP contribution is -2.31. The van der Waals surface area contributed by atoms with Crippen molar-refractivity contribution < 1.29 is 4.79 Å². The number of nitrogens with one attached hydrogen (secondary N) is 1. The zero-order valence-electron chi connectivity index (χ0n) is 10.9. The van der Waals surface area contributed by atoms with Gasteiger partial charge in [0.05, 0.1) is 6.33 Å². The van der Waals surface area contributed by atoms with Gasteiger partial charge >= 0.3 is 0 Å². The number of aryl methyl sites for hydroxylation is 1. The smallest absolute Gasteiger partial charge is 0.242 e. The monoisotopic (exact) mass is 259 g/mol. The number of hydrogen-bond donors (Lipinski definition) is 1. The lowest BCUT2D eigenvalue weighted by Gasteiger charge is -2.16. The first-order valence-corrected chi connectivity index (χ1v) is 6.47. The molecule has 1 saturated heterocycles. The first-order chi connectivity index (χ1) is 9.22. The van der Waals surface area contributed by atoms with Gasteiger partial charge in [0.25, 0.3) is 0 Å². The molecule has 3 rings (SSSR count). The average molecular weight is 259 g/mol. The van der Waals surface area contributed by atoms with Crippen LogP contribution in [0.25, 0.3) is 0 Å². The number of aromatic nitrogens is 4. The number of hydrogen-bond acceptors (Lipinski definition) is 3. The quantitative estimate of drug-likeness (QED) is 0.891. The van der Waals surface area contributed by atoms with Crippen LogP contribution in [0.2, 0.25) is 0 Å². The predicted octanol–water partition coefficient (Wildman–Crippen LogP) is 0.931. The van der Waals surface area contributed by atoms with Gasteiger partial charge in [-0.25, -0.2) is 9.97 Å². The molecule has 19 heavy (non-hydrogen) atoms. The minimum atomic E-state index is 0.142. The van der Waals surface area contributed by atoms with Crippen molar-refractivity contribution in [2.45, 2.75) is 25.8 Å². The van der Waals surface area contributed by atoms with Crippen molar-refractivity contribution in [3.63, 3.8) is 0 Å². The van der Waals surface area contributed by atoms with Gasteiger partial charge in [-0.3, -0.25) is 4.79 Å². The van der Waals surface area contributed by atoms with E-state index in [1.54, 1.807) is 23.3 Å². The Bertz CT molecular complexity index is 559. The standard InChI is InChI=1S/C13H17N5O/c1-10-6-15-13(16-10)11-2-4-18(7-11)12(19)8-17-5-3-14-9-17/h3,5-6,9,11H,2,4,7-8H2,1H3,(H,15,16). The molecule has 1 N–H and O–H groups in total. The second-order valence-electron chi connectivity index (χ2n) is 5.01. The topological polar surface area (TPSA) is 66.8 Å². The van der Waals surface area contributed by atoms with Gasteiger partial charge in [0.2, 0.25) is 5.91 Å². The van der Waals surface area contributed by atoms with Crippen LogP contribution in [-0.4, -0.2) is 43.4 Å². The van der Waals surface area contributed by atoms with Crippen molar-refractivity contribution in [2.24, 2.45) is 0 Å². The number of amides is 1. The molecule has 0 aromatic carbocycles. The molecule has 0 aliphatic carbocycles. The number of likely N-dealkylation sites (tertiary alicyclic amines) is 1. The number of nitrogens with zero attached hydrogens (tertiary/aromatic N) is 4. The number of carbonyl (C=O) groups is 1. The maximum absolute atomic E-state index is 12.1. The Hall–Kier alpha value is -2.11. The molecule has 100 valence electrons. The summed E-state index contributed by atoms with van der Waals surface area (Å²) in [5, 5.41) is 0. The summed E-state index contributed by atoms with van der Waals surface area (Å²) >= 11 is 0. The van der Waals surface area contributed by atoms with E-state index >= 15 is 0 Å². The van der Waals surface area contributed by atoms with Crippen molar-refractivity contribution in [1.82, 2.24) is 24.4 Å². The van der Waals surface area contributed by atoms with Crippen LogP contribution in [-0.2, 0) is 11.3 Å². The molecule has 1 aliphatic heterocycles. The van der Waals surface area contributed by atoms with Gasteiger partial charge in [0.15, 0.2) is 0 Å². The molecule has 0 bridgehead atoms. The van der Waals surface area contributed by atoms with E-state index < -0.39 is 0 Å². The SMILES string of the molecule is Cc1cnc(C2CCN(C(=O)Cn3ccnc3)C2)[nH]1. The summed E-state index contributed by atoms with van der Waals surface area (Å²) in [5.41, 5.74) is 1.07. The van der Waals surface area contributed by atoms with E-state index in [0.29, 0.717) is 12.5 Å². The summed E-state index contributed by atoms with van der Waals surface area (Å²) in [6, 6.07) is 0. The Morgan fingerprint density at radius 3 is 3.16 bits per heavy atom. The van der Waals surface area contributed by atoms with E-state index in [2.05, 4.69) is 15.0 Å². The molecule has 1 atom stereocenters. The molecular formula is C13H17N5O. The molecule has 0 radical (unpaired) electrons. The van der Waals surface area contributed by atoms with E-state index in [0.717, 1.165) is 31.0 Å². The molecule has 0 spiro atoms. The molecular weight excluding hydrogens is 242 g/mol. The van der Waals surface area contributed by atoms with Gasteiger partial charge < -0.3 is 14.5 Å². The summed E-state index contributed by atoms with van der Waals surface area (Å²) in [6.45, 7) is 3.91. The van der Waals surface area contributed by atoms with Gasteiger partial charge in [0, 0.05) is 43.3 Å². The molecule has 1 amide bonds. The second kappa shape index (κ2) is 4.87. The zero-order valence-corrected chi connectivity index (χ0v) is 10.9. The Morgan fingerprint density at radius 1 is 1.58 bits per heavy atom. The second-order valence-corrected chi connectivity index (χ2v) is 5.01. The Balaban J connectivity index is 1.61. The van der Waals surface area contributed by atoms with Crippen LogP contribution in [0, 0.1) is 6.92 Å². The summed E-state index contributed by atoms with van der Waals surface area (Å²) in [5.74, 6) is 1.47. The van der Waals surface area contributed by atoms with Crippen molar-refractivity contribution >= 4 is 5.91 Å². The molecule has 1 unspecified atom stereocenters. The van der Waals surface area contributed by atoms with Crippen molar-refractivity contribution in [3.8, 4) is 0 Å². The maximum Gasteiger partial charge on any atom is 0.242 e. The highest BCUT2D eigenvalue weighted by molar-refractivity contribution is 5.76. The van der Waals surface area contributed by atoms with E-state index in [4.69, 9.17) is 0 Å². The highest BCUT2D eigenvalue weighted by atomic mass is 16.2. The van der Waals surface area contributed by atoms with Gasteiger partial charge in [0.1, 0.15) is 12.4 Å². The number of imidazole rings is 2. The van der Waals surface area contributed by atoms with E-state index in [1.165, 1.54) is 0 Å². The van der Waals surface area contributed by atoms with Crippen LogP contribution in [0.4, 0.5) is 0 Å². The van der Waals surface area contributed by atoms with Crippen LogP contribution in [0.1, 0.15) is 23.9 Å². The van der Waals surface area contributed by atoms with Crippen molar-refractivity contribution in [1.29, 1.82) is 0 Å². The average Bonchev–Trinajstić information content (AvgIpc) is 3.07. The van der Waals surface area contributed by atoms with Crippen LogP contribution >= 0.6 is 0 Å². The van der Waals surface area contributed by atoms with Crippen LogP contribution < -0.4 is 0 Å². The van der Waals surface area contributed by atoms with Gasteiger partial charge in [-0.2, -0.15) is 0 Å². The normalized spacial score (nSPS) is 19.0. The van der Waals surface area contributed by atoms with E-state index in [-0.39, 0.29) is 5.91 Å². The van der Waals surface area contributed by atoms with Crippen LogP contribution in [0.3, 0.4) is 0 Å². The highest BCUT2D eigenvalue weighted by Gasteiger charge is 2.28. The van der Waals surface area contributed by atoms with E-state index in [9.17, 15) is 4.79 Å². The number of aromatic amines is 1. The molecule has 1 aliphatic rings. The van der Waals surface area contributed by atoms with Crippen LogP contribution in [0.15, 0.2) is 24.9 Å². The fourth-order valence-electron chi connectivity index (χ4n) is 2.49. The molecule has 6 nitrogen and oxygen atoms in total.